The molecule has 132 valence electrons. The Morgan fingerprint density at radius 1 is 1.12 bits per heavy atom. The summed E-state index contributed by atoms with van der Waals surface area (Å²) in [6.07, 6.45) is 1.88. The van der Waals surface area contributed by atoms with Gasteiger partial charge in [-0.15, -0.1) is 0 Å². The molecule has 2 N–H and O–H groups in total. The van der Waals surface area contributed by atoms with Gasteiger partial charge in [0.2, 0.25) is 0 Å². The van der Waals surface area contributed by atoms with Crippen molar-refractivity contribution in [1.29, 1.82) is 0 Å². The fourth-order valence-electron chi connectivity index (χ4n) is 3.24. The fraction of sp³-hybridized carbons (Fsp3) is 0.316. The van der Waals surface area contributed by atoms with Crippen molar-refractivity contribution in [1.82, 2.24) is 4.90 Å². The number of sulfone groups is 1. The largest absolute Gasteiger partial charge is 0.334 e. The highest BCUT2D eigenvalue weighted by Crippen LogP contribution is 2.21. The number of hydrogen-bond acceptors (Lipinski definition) is 4. The predicted octanol–water partition coefficient (Wildman–Crippen LogP) is 2.22. The lowest BCUT2D eigenvalue weighted by Gasteiger charge is -2.23. The van der Waals surface area contributed by atoms with Crippen molar-refractivity contribution in [3.05, 3.63) is 65.7 Å². The lowest BCUT2D eigenvalue weighted by atomic mass is 10.1. The molecule has 25 heavy (non-hydrogen) atoms. The van der Waals surface area contributed by atoms with Crippen LogP contribution in [0.5, 0.6) is 0 Å². The summed E-state index contributed by atoms with van der Waals surface area (Å²) in [5, 5.41) is 0. The third-order valence-corrected chi connectivity index (χ3v) is 6.25. The van der Waals surface area contributed by atoms with E-state index in [4.69, 9.17) is 5.73 Å². The molecule has 0 spiro atoms. The predicted molar refractivity (Wildman–Crippen MR) is 96.9 cm³/mol. The standard InChI is InChI=1S/C19H22N2O3S/c20-13-17-8-5-11-21(17)19(22)16-7-4-6-15(12-16)14-25(23,24)18-9-2-1-3-10-18/h1-4,6-7,9-10,12,17H,5,8,11,13-14,20H2. The van der Waals surface area contributed by atoms with Gasteiger partial charge in [0.25, 0.3) is 5.91 Å². The minimum absolute atomic E-state index is 0.0733. The van der Waals surface area contributed by atoms with E-state index in [-0.39, 0.29) is 22.6 Å². The van der Waals surface area contributed by atoms with E-state index in [1.165, 1.54) is 0 Å². The van der Waals surface area contributed by atoms with Crippen LogP contribution >= 0.6 is 0 Å². The van der Waals surface area contributed by atoms with Crippen LogP contribution in [0, 0.1) is 0 Å². The van der Waals surface area contributed by atoms with Gasteiger partial charge in [-0.3, -0.25) is 4.79 Å². The molecule has 0 aromatic heterocycles. The number of nitrogens with two attached hydrogens (primary N) is 1. The summed E-state index contributed by atoms with van der Waals surface area (Å²) in [5.41, 5.74) is 6.87. The molecule has 1 atom stereocenters. The van der Waals surface area contributed by atoms with Crippen LogP contribution in [0.1, 0.15) is 28.8 Å². The SMILES string of the molecule is NCC1CCCN1C(=O)c1cccc(CS(=O)(=O)c2ccccc2)c1. The zero-order chi connectivity index (χ0) is 17.9. The molecule has 0 saturated carbocycles. The van der Waals surface area contributed by atoms with Gasteiger partial charge in [0.05, 0.1) is 10.6 Å². The molecule has 1 amide bonds. The molecule has 1 saturated heterocycles. The first kappa shape index (κ1) is 17.6. The van der Waals surface area contributed by atoms with E-state index in [0.717, 1.165) is 12.8 Å². The Balaban J connectivity index is 1.81. The highest BCUT2D eigenvalue weighted by atomic mass is 32.2. The molecular formula is C19H22N2O3S. The third kappa shape index (κ3) is 3.91. The molecule has 1 aliphatic rings. The molecule has 3 rings (SSSR count). The van der Waals surface area contributed by atoms with Gasteiger partial charge in [-0.1, -0.05) is 30.3 Å². The Morgan fingerprint density at radius 2 is 1.88 bits per heavy atom. The van der Waals surface area contributed by atoms with Gasteiger partial charge in [-0.05, 0) is 42.7 Å². The van der Waals surface area contributed by atoms with Crippen LogP contribution in [0.4, 0.5) is 0 Å². The molecule has 1 heterocycles. The topological polar surface area (TPSA) is 80.5 Å². The number of amides is 1. The summed E-state index contributed by atoms with van der Waals surface area (Å²) >= 11 is 0. The molecule has 1 fully saturated rings. The van der Waals surface area contributed by atoms with E-state index in [0.29, 0.717) is 24.2 Å². The number of carbonyl (C=O) groups is 1. The van der Waals surface area contributed by atoms with Gasteiger partial charge in [0.15, 0.2) is 9.84 Å². The maximum absolute atomic E-state index is 12.7. The zero-order valence-electron chi connectivity index (χ0n) is 14.0. The normalized spacial score (nSPS) is 17.6. The van der Waals surface area contributed by atoms with E-state index in [2.05, 4.69) is 0 Å². The summed E-state index contributed by atoms with van der Waals surface area (Å²) in [6, 6.07) is 15.3. The summed E-state index contributed by atoms with van der Waals surface area (Å²) in [4.78, 5) is 14.8. The van der Waals surface area contributed by atoms with Crippen molar-refractivity contribution in [2.75, 3.05) is 13.1 Å². The van der Waals surface area contributed by atoms with Gasteiger partial charge < -0.3 is 10.6 Å². The van der Waals surface area contributed by atoms with E-state index >= 15 is 0 Å². The summed E-state index contributed by atoms with van der Waals surface area (Å²) < 4.78 is 25.1. The van der Waals surface area contributed by atoms with Crippen LogP contribution in [0.2, 0.25) is 0 Å². The van der Waals surface area contributed by atoms with Crippen molar-refractivity contribution >= 4 is 15.7 Å². The van der Waals surface area contributed by atoms with Crippen LogP contribution in [0.3, 0.4) is 0 Å². The highest BCUT2D eigenvalue weighted by Gasteiger charge is 2.28. The smallest absolute Gasteiger partial charge is 0.254 e. The molecular weight excluding hydrogens is 336 g/mol. The number of nitrogens with zero attached hydrogens (tertiary/aromatic N) is 1. The fourth-order valence-corrected chi connectivity index (χ4v) is 4.60. The molecule has 0 aliphatic carbocycles. The minimum Gasteiger partial charge on any atom is -0.334 e. The first-order chi connectivity index (χ1) is 12.0. The molecule has 1 aliphatic heterocycles. The average molecular weight is 358 g/mol. The number of carbonyl (C=O) groups excluding carboxylic acids is 1. The summed E-state index contributed by atoms with van der Waals surface area (Å²) in [5.74, 6) is -0.203. The Kier molecular flexibility index (Phi) is 5.20. The Bertz CT molecular complexity index is 850. The van der Waals surface area contributed by atoms with Gasteiger partial charge >= 0.3 is 0 Å². The molecule has 0 bridgehead atoms. The van der Waals surface area contributed by atoms with E-state index in [1.54, 1.807) is 59.5 Å². The number of hydrogen-bond donors (Lipinski definition) is 1. The Morgan fingerprint density at radius 3 is 2.60 bits per heavy atom. The number of likely N-dealkylation sites (tertiary alicyclic amines) is 1. The summed E-state index contributed by atoms with van der Waals surface area (Å²) in [6.45, 7) is 1.15. The van der Waals surface area contributed by atoms with Crippen LogP contribution in [-0.2, 0) is 15.6 Å². The number of rotatable bonds is 5. The van der Waals surface area contributed by atoms with Crippen molar-refractivity contribution in [2.45, 2.75) is 29.5 Å². The van der Waals surface area contributed by atoms with E-state index in [1.807, 2.05) is 0 Å². The van der Waals surface area contributed by atoms with Crippen LogP contribution in [0.15, 0.2) is 59.5 Å². The molecule has 2 aromatic carbocycles. The lowest BCUT2D eigenvalue weighted by Crippen LogP contribution is -2.39. The quantitative estimate of drug-likeness (QED) is 0.889. The van der Waals surface area contributed by atoms with E-state index < -0.39 is 9.84 Å². The average Bonchev–Trinajstić information content (AvgIpc) is 3.10. The molecule has 6 heteroatoms. The second kappa shape index (κ2) is 7.37. The lowest BCUT2D eigenvalue weighted by molar-refractivity contribution is 0.0741. The van der Waals surface area contributed by atoms with Gasteiger partial charge in [-0.2, -0.15) is 0 Å². The second-order valence-electron chi connectivity index (χ2n) is 6.30. The molecule has 5 nitrogen and oxygen atoms in total. The van der Waals surface area contributed by atoms with Crippen LogP contribution < -0.4 is 5.73 Å². The van der Waals surface area contributed by atoms with Crippen molar-refractivity contribution < 1.29 is 13.2 Å². The van der Waals surface area contributed by atoms with Gasteiger partial charge in [-0.25, -0.2) is 8.42 Å². The zero-order valence-corrected chi connectivity index (χ0v) is 14.8. The highest BCUT2D eigenvalue weighted by molar-refractivity contribution is 7.90. The van der Waals surface area contributed by atoms with Gasteiger partial charge in [0.1, 0.15) is 0 Å². The van der Waals surface area contributed by atoms with Crippen molar-refractivity contribution in [3.8, 4) is 0 Å². The maximum Gasteiger partial charge on any atom is 0.254 e. The van der Waals surface area contributed by atoms with E-state index in [9.17, 15) is 13.2 Å². The van der Waals surface area contributed by atoms with Crippen LogP contribution in [-0.4, -0.2) is 38.4 Å². The Labute approximate surface area is 148 Å². The first-order valence-corrected chi connectivity index (χ1v) is 10.0. The monoisotopic (exact) mass is 358 g/mol. The molecule has 0 radical (unpaired) electrons. The first-order valence-electron chi connectivity index (χ1n) is 8.39. The third-order valence-electron chi connectivity index (χ3n) is 4.54. The summed E-state index contributed by atoms with van der Waals surface area (Å²) in [7, 11) is -3.44. The van der Waals surface area contributed by atoms with Gasteiger partial charge in [0, 0.05) is 24.7 Å². The number of benzene rings is 2. The second-order valence-corrected chi connectivity index (χ2v) is 8.29. The van der Waals surface area contributed by atoms with Crippen LogP contribution in [0.25, 0.3) is 0 Å². The molecule has 2 aromatic rings. The minimum atomic E-state index is -3.44. The Hall–Kier alpha value is -2.18. The van der Waals surface area contributed by atoms with Crippen molar-refractivity contribution in [3.63, 3.8) is 0 Å². The maximum atomic E-state index is 12.7. The van der Waals surface area contributed by atoms with Crippen molar-refractivity contribution in [2.24, 2.45) is 5.73 Å². The molecule has 1 unspecified atom stereocenters.